The number of hydrogen-bond donors (Lipinski definition) is 5. The lowest BCUT2D eigenvalue weighted by atomic mass is 9.56. The van der Waals surface area contributed by atoms with E-state index in [-0.39, 0.29) is 53.4 Å². The first kappa shape index (κ1) is 39.2. The molecule has 5 fully saturated rings. The molecule has 15 heteroatoms. The molecule has 3 heterocycles. The number of ether oxygens (including phenoxy) is 4. The molecule has 7 aliphatic rings. The van der Waals surface area contributed by atoms with Crippen molar-refractivity contribution in [1.29, 1.82) is 0 Å². The van der Waals surface area contributed by atoms with Gasteiger partial charge in [-0.05, 0) is 105 Å². The first-order valence-electron chi connectivity index (χ1n) is 20.1. The van der Waals surface area contributed by atoms with Crippen molar-refractivity contribution in [2.45, 2.75) is 140 Å². The van der Waals surface area contributed by atoms with Crippen molar-refractivity contribution in [2.75, 3.05) is 6.54 Å². The molecule has 3 saturated heterocycles. The molecule has 4 aliphatic carbocycles. The lowest BCUT2D eigenvalue weighted by Gasteiger charge is -2.49. The molecular formula is C41H54N2O13. The van der Waals surface area contributed by atoms with E-state index in [2.05, 4.69) is 33.8 Å². The highest BCUT2D eigenvalue weighted by molar-refractivity contribution is 5.73. The number of nitro groups is 1. The van der Waals surface area contributed by atoms with Gasteiger partial charge in [-0.15, -0.1) is 0 Å². The summed E-state index contributed by atoms with van der Waals surface area (Å²) in [7, 11) is 0. The molecule has 0 aromatic heterocycles. The minimum Gasteiger partial charge on any atom is -0.479 e. The Kier molecular flexibility index (Phi) is 10.1. The molecule has 3 aliphatic heterocycles. The van der Waals surface area contributed by atoms with Crippen LogP contribution in [0.1, 0.15) is 84.6 Å². The van der Waals surface area contributed by atoms with Crippen LogP contribution in [0.4, 0.5) is 10.5 Å². The number of amides is 1. The summed E-state index contributed by atoms with van der Waals surface area (Å²) in [6, 6.07) is 3.58. The number of piperidine rings is 1. The van der Waals surface area contributed by atoms with Gasteiger partial charge in [0.05, 0.1) is 28.8 Å². The first-order chi connectivity index (χ1) is 26.5. The largest absolute Gasteiger partial charge is 0.479 e. The molecule has 15 nitrogen and oxygen atoms in total. The van der Waals surface area contributed by atoms with E-state index in [1.807, 2.05) is 0 Å². The van der Waals surface area contributed by atoms with Gasteiger partial charge in [-0.25, -0.2) is 9.59 Å². The van der Waals surface area contributed by atoms with Crippen molar-refractivity contribution in [2.24, 2.45) is 35.0 Å². The molecule has 306 valence electrons. The number of hydrogen-bond acceptors (Lipinski definition) is 12. The maximum Gasteiger partial charge on any atom is 0.410 e. The third-order valence-corrected chi connectivity index (χ3v) is 14.9. The van der Waals surface area contributed by atoms with Gasteiger partial charge in [0.15, 0.2) is 11.9 Å². The van der Waals surface area contributed by atoms with E-state index in [1.54, 1.807) is 4.90 Å². The Morgan fingerprint density at radius 3 is 2.57 bits per heavy atom. The van der Waals surface area contributed by atoms with Crippen molar-refractivity contribution < 1.29 is 59.0 Å². The second-order valence-corrected chi connectivity index (χ2v) is 17.8. The van der Waals surface area contributed by atoms with Gasteiger partial charge < -0.3 is 49.4 Å². The maximum atomic E-state index is 13.9. The monoisotopic (exact) mass is 782 g/mol. The quantitative estimate of drug-likeness (QED) is 0.155. The van der Waals surface area contributed by atoms with Gasteiger partial charge in [0.2, 0.25) is 6.29 Å². The second-order valence-electron chi connectivity index (χ2n) is 17.8. The van der Waals surface area contributed by atoms with Crippen LogP contribution in [0.3, 0.4) is 0 Å². The number of nitro benzene ring substituents is 1. The summed E-state index contributed by atoms with van der Waals surface area (Å²) < 4.78 is 23.6. The summed E-state index contributed by atoms with van der Waals surface area (Å²) in [5.74, 6) is -0.167. The molecule has 0 bridgehead atoms. The number of carbonyl (C=O) groups excluding carboxylic acids is 1. The van der Waals surface area contributed by atoms with Gasteiger partial charge in [0, 0.05) is 18.5 Å². The molecule has 1 spiro atoms. The Balaban J connectivity index is 0.973. The number of allylic oxidation sites excluding steroid dienone is 2. The molecule has 0 radical (unpaired) electrons. The molecule has 56 heavy (non-hydrogen) atoms. The van der Waals surface area contributed by atoms with Gasteiger partial charge in [0.1, 0.15) is 24.9 Å². The number of aliphatic carboxylic acids is 1. The van der Waals surface area contributed by atoms with Crippen molar-refractivity contribution in [3.05, 3.63) is 56.7 Å². The molecular weight excluding hydrogens is 728 g/mol. The number of carboxylic acid groups (broad SMARTS) is 1. The third-order valence-electron chi connectivity index (χ3n) is 14.9. The van der Waals surface area contributed by atoms with Gasteiger partial charge >= 0.3 is 17.7 Å². The number of fused-ring (bicyclic) bond motifs is 6. The number of aliphatic hydroxyl groups is 4. The summed E-state index contributed by atoms with van der Waals surface area (Å²) in [6.07, 6.45) is -0.553. The fourth-order valence-electron chi connectivity index (χ4n) is 11.9. The van der Waals surface area contributed by atoms with E-state index < -0.39 is 59.0 Å². The predicted octanol–water partition coefficient (Wildman–Crippen LogP) is 4.23. The highest BCUT2D eigenvalue weighted by Gasteiger charge is 2.62. The number of aliphatic hydroxyl groups excluding tert-OH is 4. The highest BCUT2D eigenvalue weighted by Crippen LogP contribution is 2.65. The summed E-state index contributed by atoms with van der Waals surface area (Å²) in [4.78, 5) is 38.6. The van der Waals surface area contributed by atoms with Crippen LogP contribution in [0, 0.1) is 45.1 Å². The van der Waals surface area contributed by atoms with Crippen LogP contribution < -0.4 is 4.74 Å². The Labute approximate surface area is 325 Å². The average Bonchev–Trinajstić information content (AvgIpc) is 3.68. The van der Waals surface area contributed by atoms with Crippen molar-refractivity contribution >= 4 is 17.7 Å². The molecule has 1 amide bonds. The zero-order valence-electron chi connectivity index (χ0n) is 32.3. The van der Waals surface area contributed by atoms with E-state index in [0.717, 1.165) is 57.4 Å². The number of likely N-dealkylation sites (tertiary alicyclic amines) is 1. The third kappa shape index (κ3) is 6.24. The van der Waals surface area contributed by atoms with Crippen LogP contribution in [0.5, 0.6) is 5.75 Å². The highest BCUT2D eigenvalue weighted by atomic mass is 16.7. The summed E-state index contributed by atoms with van der Waals surface area (Å²) >= 11 is 0. The van der Waals surface area contributed by atoms with Crippen molar-refractivity contribution in [3.63, 3.8) is 0 Å². The van der Waals surface area contributed by atoms with Crippen LogP contribution in [0.25, 0.3) is 0 Å². The molecule has 1 aromatic rings. The van der Waals surface area contributed by atoms with E-state index in [1.165, 1.54) is 28.9 Å². The van der Waals surface area contributed by atoms with Crippen LogP contribution in [0.2, 0.25) is 0 Å². The predicted molar refractivity (Wildman–Crippen MR) is 197 cm³/mol. The lowest BCUT2D eigenvalue weighted by molar-refractivity contribution is -0.387. The van der Waals surface area contributed by atoms with Crippen LogP contribution in [-0.4, -0.2) is 109 Å². The normalized spacial score (nSPS) is 43.0. The lowest BCUT2D eigenvalue weighted by Crippen LogP contribution is -2.61. The number of benzene rings is 1. The van der Waals surface area contributed by atoms with Gasteiger partial charge in [-0.2, -0.15) is 0 Å². The first-order valence-corrected chi connectivity index (χ1v) is 20.1. The Bertz CT molecular complexity index is 1830. The minimum absolute atomic E-state index is 0.00737. The van der Waals surface area contributed by atoms with Gasteiger partial charge in [-0.1, -0.05) is 44.1 Å². The fraction of sp³-hybridized carbons (Fsp3) is 0.707. The number of rotatable bonds is 6. The number of carboxylic acids is 1. The van der Waals surface area contributed by atoms with Gasteiger partial charge in [-0.3, -0.25) is 10.1 Å². The molecule has 2 saturated carbocycles. The zero-order chi connectivity index (χ0) is 40.0. The summed E-state index contributed by atoms with van der Waals surface area (Å²) in [6.45, 7) is 9.18. The van der Waals surface area contributed by atoms with E-state index in [0.29, 0.717) is 24.3 Å². The molecule has 15 atom stereocenters. The summed E-state index contributed by atoms with van der Waals surface area (Å²) in [5, 5.41) is 62.3. The number of nitrogens with zero attached hydrogens (tertiary/aromatic N) is 2. The topological polar surface area (TPSA) is 219 Å². The molecule has 8 rings (SSSR count). The SMILES string of the molecule is CC1=C2C[C@H]3[C@@H](CC=C4C[C@@H](O)CC[C@@]43C)[C@@H]2CC[C@]12O[C@@H]1C[C@H](C)CN(C(=O)OCc3ccc(O[C@@H]4O[C@H](C(=O)O)[C@@H](O)[C@H](O)[C@H]4O)c([N+](=O)[O-])c3)[C@H]1[C@H]2C. The second kappa shape index (κ2) is 14.3. The van der Waals surface area contributed by atoms with Crippen molar-refractivity contribution in [1.82, 2.24) is 4.90 Å². The van der Waals surface area contributed by atoms with Crippen molar-refractivity contribution in [3.8, 4) is 5.75 Å². The molecule has 0 unspecified atom stereocenters. The van der Waals surface area contributed by atoms with Crippen LogP contribution in [-0.2, 0) is 25.6 Å². The molecule has 5 N–H and O–H groups in total. The van der Waals surface area contributed by atoms with E-state index in [9.17, 15) is 45.2 Å². The molecule has 1 aromatic carbocycles. The Morgan fingerprint density at radius 2 is 1.84 bits per heavy atom. The zero-order valence-corrected chi connectivity index (χ0v) is 32.3. The van der Waals surface area contributed by atoms with E-state index in [4.69, 9.17) is 18.9 Å². The average molecular weight is 783 g/mol. The fourth-order valence-corrected chi connectivity index (χ4v) is 11.9. The van der Waals surface area contributed by atoms with E-state index >= 15 is 0 Å². The smallest absolute Gasteiger partial charge is 0.410 e. The Morgan fingerprint density at radius 1 is 1.07 bits per heavy atom. The van der Waals surface area contributed by atoms with Crippen LogP contribution in [0.15, 0.2) is 41.0 Å². The minimum atomic E-state index is -1.95. The van der Waals surface area contributed by atoms with Gasteiger partial charge in [0.25, 0.3) is 0 Å². The standard InChI is InChI=1S/C41H54N2O13/c1-19-13-31-32(21(3)41(56-31)12-10-25-26-7-6-23-15-24(44)9-11-40(23,4)28(26)16-27(25)20(41)2)42(17-19)39(50)53-18-22-5-8-30(29(14-22)43(51)52)54-38-35(47)33(45)34(46)36(55-38)37(48)49/h5-6,8,14,19,21,24-26,28,31-36,38,44-47H,7,9-13,15-18H2,1-4H3,(H,48,49)/t19-,21+,24-,25-,26-,28-,31+,32-,33-,34-,35+,36-,38+,40-,41-/m0/s1. The van der Waals surface area contributed by atoms with Crippen LogP contribution >= 0.6 is 0 Å². The summed E-state index contributed by atoms with van der Waals surface area (Å²) in [5.41, 5.74) is 3.66. The number of carbonyl (C=O) groups is 2. The maximum absolute atomic E-state index is 13.9. The Hall–Kier alpha value is -3.60.